The summed E-state index contributed by atoms with van der Waals surface area (Å²) in [4.78, 5) is 12.0. The normalized spacial score (nSPS) is 11.7. The van der Waals surface area contributed by atoms with Crippen LogP contribution in [0.25, 0.3) is 0 Å². The molecule has 0 saturated carbocycles. The molecule has 0 atom stereocenters. The Hall–Kier alpha value is -3.10. The summed E-state index contributed by atoms with van der Waals surface area (Å²) in [5, 5.41) is 3.81. The summed E-state index contributed by atoms with van der Waals surface area (Å²) < 4.78 is 59.4. The van der Waals surface area contributed by atoms with E-state index < -0.39 is 24.2 Å². The van der Waals surface area contributed by atoms with Gasteiger partial charge in [0.2, 0.25) is 0 Å². The maximum atomic E-state index is 12.8. The third kappa shape index (κ3) is 7.10. The van der Waals surface area contributed by atoms with Gasteiger partial charge in [0.1, 0.15) is 11.5 Å². The number of halogens is 4. The van der Waals surface area contributed by atoms with Crippen molar-refractivity contribution in [3.63, 3.8) is 0 Å². The van der Waals surface area contributed by atoms with Crippen molar-refractivity contribution < 1.29 is 31.8 Å². The number of ether oxygens (including phenoxy) is 2. The van der Waals surface area contributed by atoms with Crippen molar-refractivity contribution >= 4 is 12.1 Å². The van der Waals surface area contributed by atoms with Crippen molar-refractivity contribution in [3.8, 4) is 11.5 Å². The van der Waals surface area contributed by atoms with Crippen molar-refractivity contribution in [1.82, 2.24) is 5.43 Å². The molecule has 0 heterocycles. The molecule has 2 rings (SSSR count). The van der Waals surface area contributed by atoms with E-state index in [1.54, 1.807) is 24.3 Å². The molecule has 0 radical (unpaired) electrons. The van der Waals surface area contributed by atoms with E-state index in [4.69, 9.17) is 4.74 Å². The molecular weight excluding hydrogens is 392 g/mol. The minimum absolute atomic E-state index is 0.0922. The zero-order valence-corrected chi connectivity index (χ0v) is 15.6. The van der Waals surface area contributed by atoms with E-state index in [1.165, 1.54) is 6.21 Å². The number of hydrogen-bond donors (Lipinski definition) is 1. The van der Waals surface area contributed by atoms with E-state index in [9.17, 15) is 22.4 Å². The van der Waals surface area contributed by atoms with Gasteiger partial charge in [0, 0.05) is 5.56 Å². The number of alkyl halides is 4. The standard InChI is InChI=1S/C20H20F4N2O3/c1-2-3-12-28-16-8-4-14(5-9-16)13-25-26-18(27)15-6-10-17(11-7-15)29-20(23,24)19(21)22/h4-11,13,19H,2-3,12H2,1H3,(H,26,27)/b25-13-. The summed E-state index contributed by atoms with van der Waals surface area (Å²) in [6.45, 7) is 2.72. The second kappa shape index (κ2) is 10.4. The van der Waals surface area contributed by atoms with Crippen LogP contribution in [0.3, 0.4) is 0 Å². The molecule has 0 aliphatic rings. The number of nitrogens with zero attached hydrogens (tertiary/aromatic N) is 1. The Morgan fingerprint density at radius 2 is 1.72 bits per heavy atom. The number of rotatable bonds is 10. The van der Waals surface area contributed by atoms with Gasteiger partial charge in [0.05, 0.1) is 12.8 Å². The number of carbonyl (C=O) groups is 1. The Bertz CT molecular complexity index is 809. The molecule has 9 heteroatoms. The highest BCUT2D eigenvalue weighted by Gasteiger charge is 2.43. The van der Waals surface area contributed by atoms with Gasteiger partial charge in [0.25, 0.3) is 5.91 Å². The molecule has 156 valence electrons. The second-order valence-corrected chi connectivity index (χ2v) is 5.96. The number of nitrogens with one attached hydrogen (secondary N) is 1. The Balaban J connectivity index is 1.87. The molecule has 0 saturated heterocycles. The van der Waals surface area contributed by atoms with E-state index in [0.717, 1.165) is 48.4 Å². The van der Waals surface area contributed by atoms with Crippen molar-refractivity contribution in [2.24, 2.45) is 5.10 Å². The fourth-order valence-corrected chi connectivity index (χ4v) is 2.09. The Labute approximate surface area is 165 Å². The van der Waals surface area contributed by atoms with Crippen LogP contribution in [-0.4, -0.2) is 31.3 Å². The number of hydrazone groups is 1. The van der Waals surface area contributed by atoms with Gasteiger partial charge in [0.15, 0.2) is 0 Å². The van der Waals surface area contributed by atoms with Crippen LogP contribution in [0.5, 0.6) is 11.5 Å². The van der Waals surface area contributed by atoms with E-state index in [1.807, 2.05) is 0 Å². The topological polar surface area (TPSA) is 59.9 Å². The van der Waals surface area contributed by atoms with E-state index in [-0.39, 0.29) is 5.56 Å². The predicted molar refractivity (Wildman–Crippen MR) is 99.9 cm³/mol. The van der Waals surface area contributed by atoms with Crippen LogP contribution in [-0.2, 0) is 0 Å². The minimum atomic E-state index is -4.61. The highest BCUT2D eigenvalue weighted by atomic mass is 19.3. The third-order valence-electron chi connectivity index (χ3n) is 3.65. The lowest BCUT2D eigenvalue weighted by atomic mass is 10.2. The van der Waals surface area contributed by atoms with Crippen LogP contribution in [0.4, 0.5) is 17.6 Å². The molecule has 5 nitrogen and oxygen atoms in total. The second-order valence-electron chi connectivity index (χ2n) is 5.96. The van der Waals surface area contributed by atoms with Crippen molar-refractivity contribution in [2.45, 2.75) is 32.3 Å². The van der Waals surface area contributed by atoms with Crippen LogP contribution < -0.4 is 14.9 Å². The number of unbranched alkanes of at least 4 members (excludes halogenated alkanes) is 1. The number of benzene rings is 2. The molecule has 0 bridgehead atoms. The first-order valence-corrected chi connectivity index (χ1v) is 8.83. The van der Waals surface area contributed by atoms with Gasteiger partial charge in [-0.3, -0.25) is 4.79 Å². The monoisotopic (exact) mass is 412 g/mol. The molecular formula is C20H20F4N2O3. The Kier molecular flexibility index (Phi) is 7.99. The molecule has 0 aliphatic carbocycles. The van der Waals surface area contributed by atoms with Crippen LogP contribution in [0.2, 0.25) is 0 Å². The minimum Gasteiger partial charge on any atom is -0.494 e. The fraction of sp³-hybridized carbons (Fsp3) is 0.300. The fourth-order valence-electron chi connectivity index (χ4n) is 2.09. The van der Waals surface area contributed by atoms with Crippen molar-refractivity contribution in [1.29, 1.82) is 0 Å². The van der Waals surface area contributed by atoms with E-state index >= 15 is 0 Å². The summed E-state index contributed by atoms with van der Waals surface area (Å²) in [5.74, 6) is -0.358. The summed E-state index contributed by atoms with van der Waals surface area (Å²) in [5.41, 5.74) is 3.10. The van der Waals surface area contributed by atoms with Gasteiger partial charge in [-0.05, 0) is 60.5 Å². The molecule has 0 fully saturated rings. The number of amides is 1. The maximum Gasteiger partial charge on any atom is 0.461 e. The quantitative estimate of drug-likeness (QED) is 0.262. The molecule has 1 N–H and O–H groups in total. The smallest absolute Gasteiger partial charge is 0.461 e. The van der Waals surface area contributed by atoms with Crippen LogP contribution in [0, 0.1) is 0 Å². The van der Waals surface area contributed by atoms with Crippen LogP contribution >= 0.6 is 0 Å². The average Bonchev–Trinajstić information content (AvgIpc) is 2.69. The summed E-state index contributed by atoms with van der Waals surface area (Å²) >= 11 is 0. The van der Waals surface area contributed by atoms with Crippen molar-refractivity contribution in [2.75, 3.05) is 6.61 Å². The predicted octanol–water partition coefficient (Wildman–Crippen LogP) is 4.87. The van der Waals surface area contributed by atoms with Gasteiger partial charge < -0.3 is 9.47 Å². The van der Waals surface area contributed by atoms with Gasteiger partial charge in [-0.2, -0.15) is 22.7 Å². The molecule has 0 aromatic heterocycles. The highest BCUT2D eigenvalue weighted by molar-refractivity contribution is 5.95. The van der Waals surface area contributed by atoms with Crippen molar-refractivity contribution in [3.05, 3.63) is 59.7 Å². The first-order chi connectivity index (χ1) is 13.8. The summed E-state index contributed by atoms with van der Waals surface area (Å²) in [6, 6.07) is 11.4. The molecule has 0 unspecified atom stereocenters. The van der Waals surface area contributed by atoms with E-state index in [0.29, 0.717) is 6.61 Å². The van der Waals surface area contributed by atoms with Gasteiger partial charge in [-0.1, -0.05) is 13.3 Å². The molecule has 29 heavy (non-hydrogen) atoms. The van der Waals surface area contributed by atoms with Crippen LogP contribution in [0.1, 0.15) is 35.7 Å². The van der Waals surface area contributed by atoms with Gasteiger partial charge in [-0.25, -0.2) is 5.43 Å². The van der Waals surface area contributed by atoms with Gasteiger partial charge in [-0.15, -0.1) is 0 Å². The maximum absolute atomic E-state index is 12.8. The molecule has 0 spiro atoms. The SMILES string of the molecule is CCCCOc1ccc(/C=N\NC(=O)c2ccc(OC(F)(F)C(F)F)cc2)cc1. The van der Waals surface area contributed by atoms with Crippen LogP contribution in [0.15, 0.2) is 53.6 Å². The largest absolute Gasteiger partial charge is 0.494 e. The summed E-state index contributed by atoms with van der Waals surface area (Å²) in [6.07, 6.45) is -5.13. The number of carbonyl (C=O) groups excluding carboxylic acids is 1. The van der Waals surface area contributed by atoms with Gasteiger partial charge >= 0.3 is 12.5 Å². The highest BCUT2D eigenvalue weighted by Crippen LogP contribution is 2.27. The number of hydrogen-bond acceptors (Lipinski definition) is 4. The lowest BCUT2D eigenvalue weighted by Crippen LogP contribution is -2.33. The molecule has 2 aromatic carbocycles. The molecule has 2 aromatic rings. The molecule has 0 aliphatic heterocycles. The third-order valence-corrected chi connectivity index (χ3v) is 3.65. The zero-order chi connectivity index (χ0) is 21.3. The first kappa shape index (κ1) is 22.2. The summed E-state index contributed by atoms with van der Waals surface area (Å²) in [7, 11) is 0. The average molecular weight is 412 g/mol. The lowest BCUT2D eigenvalue weighted by molar-refractivity contribution is -0.253. The first-order valence-electron chi connectivity index (χ1n) is 8.83. The molecule has 1 amide bonds. The van der Waals surface area contributed by atoms with E-state index in [2.05, 4.69) is 22.2 Å². The lowest BCUT2D eigenvalue weighted by Gasteiger charge is -2.16. The Morgan fingerprint density at radius 3 is 2.31 bits per heavy atom. The Morgan fingerprint density at radius 1 is 1.10 bits per heavy atom. The zero-order valence-electron chi connectivity index (χ0n) is 15.6.